The molecule has 0 fully saturated rings. The molecule has 0 spiro atoms. The Balaban J connectivity index is 2.22. The number of nitrogens with zero attached hydrogens (tertiary/aromatic N) is 1. The summed E-state index contributed by atoms with van der Waals surface area (Å²) < 4.78 is 5.28. The summed E-state index contributed by atoms with van der Waals surface area (Å²) in [5.41, 5.74) is 3.51. The van der Waals surface area contributed by atoms with Gasteiger partial charge >= 0.3 is 0 Å². The summed E-state index contributed by atoms with van der Waals surface area (Å²) in [5.74, 6) is -0.243. The number of imide groups is 1. The lowest BCUT2D eigenvalue weighted by Crippen LogP contribution is -2.50. The topological polar surface area (TPSA) is 78.9 Å². The third kappa shape index (κ3) is 1.96. The van der Waals surface area contributed by atoms with Gasteiger partial charge in [-0.05, 0) is 18.2 Å². The fourth-order valence-electron chi connectivity index (χ4n) is 2.55. The first-order chi connectivity index (χ1) is 10.2. The van der Waals surface area contributed by atoms with E-state index in [-0.39, 0.29) is 13.2 Å². The second-order valence-electron chi connectivity index (χ2n) is 4.62. The Hall–Kier alpha value is -2.44. The fraction of sp³-hybridized carbons (Fsp3) is 0.200. The molecule has 0 aromatic heterocycles. The van der Waals surface area contributed by atoms with Crippen LogP contribution in [0.15, 0.2) is 30.3 Å². The third-order valence-electron chi connectivity index (χ3n) is 3.47. The van der Waals surface area contributed by atoms with Crippen LogP contribution >= 0.6 is 0 Å². The molecule has 3 rings (SSSR count). The zero-order chi connectivity index (χ0) is 15.0. The lowest BCUT2D eigenvalue weighted by atomic mass is 9.94. The first-order valence-corrected chi connectivity index (χ1v) is 6.52. The number of aliphatic hydroxyl groups is 1. The smallest absolute Gasteiger partial charge is 0.275 e. The Labute approximate surface area is 120 Å². The van der Waals surface area contributed by atoms with Gasteiger partial charge in [0.2, 0.25) is 0 Å². The lowest BCUT2D eigenvalue weighted by molar-refractivity contribution is 0.0509. The molecule has 2 aromatic carbocycles. The molecule has 6 heteroatoms. The minimum atomic E-state index is -0.431. The Bertz CT molecular complexity index is 720. The number of nitrogens with one attached hydrogen (secondary N) is 1. The summed E-state index contributed by atoms with van der Waals surface area (Å²) in [6, 6.07) is 8.60. The van der Waals surface area contributed by atoms with Crippen molar-refractivity contribution < 1.29 is 19.4 Å². The highest BCUT2D eigenvalue weighted by molar-refractivity contribution is 6.25. The van der Waals surface area contributed by atoms with Crippen LogP contribution in [-0.2, 0) is 0 Å². The Morgan fingerprint density at radius 3 is 2.52 bits per heavy atom. The molecule has 1 aliphatic rings. The van der Waals surface area contributed by atoms with Crippen molar-refractivity contribution in [1.29, 1.82) is 0 Å². The highest BCUT2D eigenvalue weighted by Crippen LogP contribution is 2.34. The van der Waals surface area contributed by atoms with Crippen molar-refractivity contribution in [2.24, 2.45) is 0 Å². The Morgan fingerprint density at radius 1 is 1.14 bits per heavy atom. The van der Waals surface area contributed by atoms with Crippen molar-refractivity contribution in [2.45, 2.75) is 0 Å². The Kier molecular flexibility index (Phi) is 3.32. The molecule has 1 aliphatic heterocycles. The molecule has 0 radical (unpaired) electrons. The molecule has 1 heterocycles. The van der Waals surface area contributed by atoms with Crippen molar-refractivity contribution in [1.82, 2.24) is 10.4 Å². The summed E-state index contributed by atoms with van der Waals surface area (Å²) >= 11 is 0. The van der Waals surface area contributed by atoms with Gasteiger partial charge in [-0.15, -0.1) is 0 Å². The summed E-state index contributed by atoms with van der Waals surface area (Å²) in [4.78, 5) is 24.9. The number of hydrogen-bond donors (Lipinski definition) is 2. The molecular weight excluding hydrogens is 272 g/mol. The van der Waals surface area contributed by atoms with Gasteiger partial charge in [-0.2, -0.15) is 0 Å². The van der Waals surface area contributed by atoms with E-state index in [0.29, 0.717) is 22.3 Å². The molecule has 108 valence electrons. The minimum Gasteiger partial charge on any atom is -0.496 e. The predicted molar refractivity (Wildman–Crippen MR) is 76.1 cm³/mol. The van der Waals surface area contributed by atoms with E-state index in [1.165, 1.54) is 0 Å². The third-order valence-corrected chi connectivity index (χ3v) is 3.47. The van der Waals surface area contributed by atoms with Gasteiger partial charge in [-0.3, -0.25) is 9.59 Å². The van der Waals surface area contributed by atoms with Crippen LogP contribution in [-0.4, -0.2) is 42.2 Å². The maximum Gasteiger partial charge on any atom is 0.275 e. The largest absolute Gasteiger partial charge is 0.496 e. The van der Waals surface area contributed by atoms with Gasteiger partial charge in [0, 0.05) is 17.3 Å². The predicted octanol–water partition coefficient (Wildman–Crippen LogP) is 0.941. The molecule has 0 saturated carbocycles. The van der Waals surface area contributed by atoms with Gasteiger partial charge in [-0.25, -0.2) is 10.4 Å². The maximum atomic E-state index is 12.4. The standard InChI is InChI=1S/C15H14N2O4/c1-21-12-6-5-11-13-9(12)3-2-4-10(13)14(19)17(15(11)20)16-7-8-18/h2-6,16,18H,7-8H2,1H3. The van der Waals surface area contributed by atoms with Crippen LogP contribution in [0.5, 0.6) is 5.75 Å². The van der Waals surface area contributed by atoms with Crippen LogP contribution in [0.3, 0.4) is 0 Å². The number of carbonyl (C=O) groups is 2. The average Bonchev–Trinajstić information content (AvgIpc) is 2.52. The van der Waals surface area contributed by atoms with Crippen molar-refractivity contribution in [2.75, 3.05) is 20.3 Å². The first kappa shape index (κ1) is 13.5. The number of carbonyl (C=O) groups excluding carboxylic acids is 2. The molecule has 21 heavy (non-hydrogen) atoms. The number of methoxy groups -OCH3 is 1. The van der Waals surface area contributed by atoms with Crippen molar-refractivity contribution in [3.63, 3.8) is 0 Å². The number of hydrogen-bond acceptors (Lipinski definition) is 5. The van der Waals surface area contributed by atoms with Gasteiger partial charge in [-0.1, -0.05) is 12.1 Å². The van der Waals surface area contributed by atoms with Gasteiger partial charge in [0.1, 0.15) is 5.75 Å². The number of aliphatic hydroxyl groups excluding tert-OH is 1. The molecule has 0 atom stereocenters. The summed E-state index contributed by atoms with van der Waals surface area (Å²) in [6.07, 6.45) is 0. The maximum absolute atomic E-state index is 12.4. The summed E-state index contributed by atoms with van der Waals surface area (Å²) in [6.45, 7) is -0.0460. The van der Waals surface area contributed by atoms with E-state index in [4.69, 9.17) is 9.84 Å². The normalized spacial score (nSPS) is 13.9. The first-order valence-electron chi connectivity index (χ1n) is 6.52. The lowest BCUT2D eigenvalue weighted by Gasteiger charge is -2.27. The van der Waals surface area contributed by atoms with Gasteiger partial charge in [0.25, 0.3) is 11.8 Å². The van der Waals surface area contributed by atoms with E-state index in [0.717, 1.165) is 10.4 Å². The Morgan fingerprint density at radius 2 is 1.86 bits per heavy atom. The number of hydrazine groups is 1. The van der Waals surface area contributed by atoms with Crippen LogP contribution in [0.4, 0.5) is 0 Å². The highest BCUT2D eigenvalue weighted by atomic mass is 16.5. The summed E-state index contributed by atoms with van der Waals surface area (Å²) in [5, 5.41) is 11.1. The van der Waals surface area contributed by atoms with Gasteiger partial charge in [0.05, 0.1) is 24.8 Å². The van der Waals surface area contributed by atoms with Crippen LogP contribution in [0, 0.1) is 0 Å². The van der Waals surface area contributed by atoms with Crippen molar-refractivity contribution in [3.8, 4) is 5.75 Å². The van der Waals surface area contributed by atoms with E-state index < -0.39 is 11.8 Å². The van der Waals surface area contributed by atoms with Crippen LogP contribution in [0.25, 0.3) is 10.8 Å². The summed E-state index contributed by atoms with van der Waals surface area (Å²) in [7, 11) is 1.55. The molecule has 0 unspecified atom stereocenters. The van der Waals surface area contributed by atoms with Crippen LogP contribution < -0.4 is 10.2 Å². The molecule has 2 aromatic rings. The van der Waals surface area contributed by atoms with E-state index >= 15 is 0 Å². The number of rotatable bonds is 4. The second-order valence-corrected chi connectivity index (χ2v) is 4.62. The average molecular weight is 286 g/mol. The zero-order valence-corrected chi connectivity index (χ0v) is 11.4. The van der Waals surface area contributed by atoms with Crippen LogP contribution in [0.1, 0.15) is 20.7 Å². The molecule has 0 bridgehead atoms. The monoisotopic (exact) mass is 286 g/mol. The molecular formula is C15H14N2O4. The van der Waals surface area contributed by atoms with Crippen molar-refractivity contribution in [3.05, 3.63) is 41.5 Å². The SMILES string of the molecule is COc1ccc2c3c(cccc13)C(=O)N(NCCO)C2=O. The van der Waals surface area contributed by atoms with Crippen LogP contribution in [0.2, 0.25) is 0 Å². The molecule has 2 amide bonds. The van der Waals surface area contributed by atoms with E-state index in [1.807, 2.05) is 6.07 Å². The van der Waals surface area contributed by atoms with E-state index in [2.05, 4.69) is 5.43 Å². The second kappa shape index (κ2) is 5.16. The minimum absolute atomic E-state index is 0.124. The molecule has 6 nitrogen and oxygen atoms in total. The molecule has 2 N–H and O–H groups in total. The number of ether oxygens (including phenoxy) is 1. The van der Waals surface area contributed by atoms with Crippen molar-refractivity contribution >= 4 is 22.6 Å². The van der Waals surface area contributed by atoms with E-state index in [1.54, 1.807) is 31.4 Å². The quantitative estimate of drug-likeness (QED) is 0.818. The highest BCUT2D eigenvalue weighted by Gasteiger charge is 2.33. The number of benzene rings is 2. The molecule has 0 aliphatic carbocycles. The van der Waals surface area contributed by atoms with E-state index in [9.17, 15) is 9.59 Å². The fourth-order valence-corrected chi connectivity index (χ4v) is 2.55. The molecule has 0 saturated heterocycles. The zero-order valence-electron chi connectivity index (χ0n) is 11.4. The van der Waals surface area contributed by atoms with Gasteiger partial charge in [0.15, 0.2) is 0 Å². The van der Waals surface area contributed by atoms with Gasteiger partial charge < -0.3 is 9.84 Å². The number of amides is 2.